The summed E-state index contributed by atoms with van der Waals surface area (Å²) in [5.74, 6) is 0.859. The Labute approximate surface area is 139 Å². The van der Waals surface area contributed by atoms with Crippen molar-refractivity contribution in [1.82, 2.24) is 25.3 Å². The first-order valence-electron chi connectivity index (χ1n) is 8.46. The molecule has 1 saturated heterocycles. The molecule has 2 unspecified atom stereocenters. The van der Waals surface area contributed by atoms with Crippen LogP contribution in [0.3, 0.4) is 0 Å². The molecule has 0 amide bonds. The summed E-state index contributed by atoms with van der Waals surface area (Å²) in [5.41, 5.74) is 0. The van der Waals surface area contributed by atoms with Gasteiger partial charge in [-0.1, -0.05) is 0 Å². The van der Waals surface area contributed by atoms with E-state index in [-0.39, 0.29) is 0 Å². The molecule has 0 aliphatic carbocycles. The van der Waals surface area contributed by atoms with Gasteiger partial charge in [-0.25, -0.2) is 0 Å². The number of nitrogens with zero attached hydrogens (tertiary/aromatic N) is 4. The zero-order valence-corrected chi connectivity index (χ0v) is 14.5. The minimum atomic E-state index is 0.455. The molecule has 1 aromatic heterocycles. The molecule has 0 aromatic carbocycles. The summed E-state index contributed by atoms with van der Waals surface area (Å²) in [7, 11) is 1.81. The highest BCUT2D eigenvalue weighted by Gasteiger charge is 2.23. The number of aromatic nitrogens is 2. The second-order valence-corrected chi connectivity index (χ2v) is 6.01. The van der Waals surface area contributed by atoms with E-state index in [1.54, 1.807) is 0 Å². The molecule has 1 aliphatic heterocycles. The van der Waals surface area contributed by atoms with Crippen LogP contribution in [0.15, 0.2) is 23.5 Å². The van der Waals surface area contributed by atoms with Crippen molar-refractivity contribution in [3.63, 3.8) is 0 Å². The lowest BCUT2D eigenvalue weighted by Gasteiger charge is -2.38. The van der Waals surface area contributed by atoms with E-state index in [1.807, 2.05) is 30.2 Å². The first-order valence-corrected chi connectivity index (χ1v) is 8.46. The predicted octanol–water partition coefficient (Wildman–Crippen LogP) is 0.547. The quantitative estimate of drug-likeness (QED) is 0.436. The number of hydrogen-bond acceptors (Lipinski definition) is 4. The Morgan fingerprint density at radius 1 is 1.48 bits per heavy atom. The second kappa shape index (κ2) is 9.52. The number of hydrogen-bond donors (Lipinski definition) is 2. The molecule has 23 heavy (non-hydrogen) atoms. The Bertz CT molecular complexity index is 461. The summed E-state index contributed by atoms with van der Waals surface area (Å²) < 4.78 is 7.44. The van der Waals surface area contributed by atoms with Gasteiger partial charge in [0.2, 0.25) is 0 Å². The van der Waals surface area contributed by atoms with Crippen LogP contribution in [-0.2, 0) is 11.3 Å². The summed E-state index contributed by atoms with van der Waals surface area (Å²) in [4.78, 5) is 6.78. The van der Waals surface area contributed by atoms with Gasteiger partial charge in [0.25, 0.3) is 0 Å². The Hall–Kier alpha value is -1.60. The Balaban J connectivity index is 1.64. The molecule has 1 fully saturated rings. The van der Waals surface area contributed by atoms with Gasteiger partial charge in [-0.15, -0.1) is 0 Å². The summed E-state index contributed by atoms with van der Waals surface area (Å²) >= 11 is 0. The fourth-order valence-corrected chi connectivity index (χ4v) is 2.86. The van der Waals surface area contributed by atoms with Crippen LogP contribution in [0, 0.1) is 0 Å². The minimum Gasteiger partial charge on any atom is -0.379 e. The van der Waals surface area contributed by atoms with E-state index in [2.05, 4.69) is 39.5 Å². The normalized spacial score (nSPS) is 21.2. The van der Waals surface area contributed by atoms with Gasteiger partial charge in [0.1, 0.15) is 0 Å². The number of ether oxygens (including phenoxy) is 1. The molecular weight excluding hydrogens is 292 g/mol. The van der Waals surface area contributed by atoms with Gasteiger partial charge in [0.15, 0.2) is 5.96 Å². The zero-order chi connectivity index (χ0) is 16.5. The van der Waals surface area contributed by atoms with Crippen molar-refractivity contribution in [2.75, 3.05) is 39.9 Å². The standard InChI is InChI=1S/C16H30N6O/c1-14(22-10-11-23-13-15(22)2)12-19-16(17-3)18-6-4-8-21-9-5-7-20-21/h5,7,9,14-15H,4,6,8,10-13H2,1-3H3,(H2,17,18,19). The van der Waals surface area contributed by atoms with Gasteiger partial charge in [0.05, 0.1) is 13.2 Å². The third-order valence-electron chi connectivity index (χ3n) is 4.19. The second-order valence-electron chi connectivity index (χ2n) is 6.01. The van der Waals surface area contributed by atoms with Gasteiger partial charge < -0.3 is 15.4 Å². The highest BCUT2D eigenvalue weighted by Crippen LogP contribution is 2.09. The summed E-state index contributed by atoms with van der Waals surface area (Å²) in [6.45, 7) is 9.79. The molecule has 0 spiro atoms. The lowest BCUT2D eigenvalue weighted by molar-refractivity contribution is -0.0174. The molecule has 2 atom stereocenters. The molecule has 7 heteroatoms. The molecule has 0 radical (unpaired) electrons. The zero-order valence-electron chi connectivity index (χ0n) is 14.5. The molecule has 7 nitrogen and oxygen atoms in total. The fourth-order valence-electron chi connectivity index (χ4n) is 2.86. The topological polar surface area (TPSA) is 66.7 Å². The SMILES string of the molecule is CN=C(NCCCn1cccn1)NCC(C)N1CCOCC1C. The van der Waals surface area contributed by atoms with E-state index in [4.69, 9.17) is 4.74 Å². The third kappa shape index (κ3) is 5.84. The van der Waals surface area contributed by atoms with Crippen molar-refractivity contribution in [2.24, 2.45) is 4.99 Å². The fraction of sp³-hybridized carbons (Fsp3) is 0.750. The van der Waals surface area contributed by atoms with Crippen LogP contribution in [0.1, 0.15) is 20.3 Å². The number of nitrogens with one attached hydrogen (secondary N) is 2. The average Bonchev–Trinajstić information content (AvgIpc) is 3.07. The van der Waals surface area contributed by atoms with Crippen molar-refractivity contribution >= 4 is 5.96 Å². The maximum atomic E-state index is 5.50. The highest BCUT2D eigenvalue weighted by atomic mass is 16.5. The van der Waals surface area contributed by atoms with Crippen LogP contribution in [0.5, 0.6) is 0 Å². The first kappa shape index (κ1) is 17.7. The molecule has 1 aromatic rings. The van der Waals surface area contributed by atoms with Crippen LogP contribution in [0.2, 0.25) is 0 Å². The summed E-state index contributed by atoms with van der Waals surface area (Å²) in [6.07, 6.45) is 4.80. The molecule has 0 saturated carbocycles. The van der Waals surface area contributed by atoms with E-state index in [0.29, 0.717) is 12.1 Å². The number of rotatable bonds is 7. The molecule has 2 rings (SSSR count). The maximum Gasteiger partial charge on any atom is 0.191 e. The highest BCUT2D eigenvalue weighted by molar-refractivity contribution is 5.79. The molecular formula is C16H30N6O. The number of aryl methyl sites for hydroxylation is 1. The average molecular weight is 322 g/mol. The van der Waals surface area contributed by atoms with E-state index in [0.717, 1.165) is 51.8 Å². The van der Waals surface area contributed by atoms with Crippen molar-refractivity contribution in [1.29, 1.82) is 0 Å². The van der Waals surface area contributed by atoms with Crippen LogP contribution in [0.25, 0.3) is 0 Å². The van der Waals surface area contributed by atoms with Crippen molar-refractivity contribution < 1.29 is 4.74 Å². The van der Waals surface area contributed by atoms with E-state index < -0.39 is 0 Å². The van der Waals surface area contributed by atoms with E-state index in [1.165, 1.54) is 0 Å². The molecule has 1 aliphatic rings. The van der Waals surface area contributed by atoms with Gasteiger partial charge in [-0.3, -0.25) is 14.6 Å². The smallest absolute Gasteiger partial charge is 0.191 e. The van der Waals surface area contributed by atoms with Crippen molar-refractivity contribution in [3.8, 4) is 0 Å². The van der Waals surface area contributed by atoms with Gasteiger partial charge in [0, 0.05) is 57.7 Å². The largest absolute Gasteiger partial charge is 0.379 e. The Morgan fingerprint density at radius 3 is 3.04 bits per heavy atom. The summed E-state index contributed by atoms with van der Waals surface area (Å²) in [6, 6.07) is 2.88. The van der Waals surface area contributed by atoms with Gasteiger partial charge in [-0.2, -0.15) is 5.10 Å². The monoisotopic (exact) mass is 322 g/mol. The lowest BCUT2D eigenvalue weighted by atomic mass is 10.2. The van der Waals surface area contributed by atoms with Crippen molar-refractivity contribution in [2.45, 2.75) is 38.9 Å². The third-order valence-corrected chi connectivity index (χ3v) is 4.19. The summed E-state index contributed by atoms with van der Waals surface area (Å²) in [5, 5.41) is 11.0. The van der Waals surface area contributed by atoms with E-state index >= 15 is 0 Å². The number of morpholine rings is 1. The number of guanidine groups is 1. The minimum absolute atomic E-state index is 0.455. The van der Waals surface area contributed by atoms with Crippen LogP contribution in [0.4, 0.5) is 0 Å². The number of aliphatic imine (C=N–C) groups is 1. The molecule has 2 N–H and O–H groups in total. The van der Waals surface area contributed by atoms with Gasteiger partial charge >= 0.3 is 0 Å². The molecule has 2 heterocycles. The first-order chi connectivity index (χ1) is 11.2. The Kier molecular flexibility index (Phi) is 7.35. The van der Waals surface area contributed by atoms with Gasteiger partial charge in [-0.05, 0) is 26.3 Å². The Morgan fingerprint density at radius 2 is 2.35 bits per heavy atom. The lowest BCUT2D eigenvalue weighted by Crippen LogP contribution is -2.53. The molecule has 130 valence electrons. The van der Waals surface area contributed by atoms with Crippen molar-refractivity contribution in [3.05, 3.63) is 18.5 Å². The predicted molar refractivity (Wildman–Crippen MR) is 92.7 cm³/mol. The maximum absolute atomic E-state index is 5.50. The molecule has 0 bridgehead atoms. The van der Waals surface area contributed by atoms with Crippen LogP contribution < -0.4 is 10.6 Å². The van der Waals surface area contributed by atoms with Crippen LogP contribution in [-0.4, -0.2) is 72.6 Å². The van der Waals surface area contributed by atoms with E-state index in [9.17, 15) is 0 Å². The van der Waals surface area contributed by atoms with Crippen LogP contribution >= 0.6 is 0 Å².